The molecule has 2 nitrogen and oxygen atoms in total. The Balaban J connectivity index is 2.14. The van der Waals surface area contributed by atoms with Gasteiger partial charge in [0.05, 0.1) is 5.52 Å². The molecular formula is C13H14N2. The predicted molar refractivity (Wildman–Crippen MR) is 63.1 cm³/mol. The average molecular weight is 198 g/mol. The molecule has 0 unspecified atom stereocenters. The lowest BCUT2D eigenvalue weighted by Gasteiger charge is -2.05. The molecule has 1 aromatic heterocycles. The zero-order valence-corrected chi connectivity index (χ0v) is 8.83. The van der Waals surface area contributed by atoms with Gasteiger partial charge in [0.25, 0.3) is 0 Å². The van der Waals surface area contributed by atoms with E-state index in [1.165, 1.54) is 10.9 Å². The van der Waals surface area contributed by atoms with Crippen molar-refractivity contribution < 1.29 is 0 Å². The zero-order chi connectivity index (χ0) is 10.3. The molecule has 0 radical (unpaired) electrons. The van der Waals surface area contributed by atoms with Gasteiger partial charge in [0.2, 0.25) is 0 Å². The summed E-state index contributed by atoms with van der Waals surface area (Å²) in [5, 5.41) is 4.71. The Labute approximate surface area is 89.3 Å². The van der Waals surface area contributed by atoms with Crippen molar-refractivity contribution in [2.45, 2.75) is 25.8 Å². The lowest BCUT2D eigenvalue weighted by Crippen LogP contribution is -2.13. The molecule has 76 valence electrons. The lowest BCUT2D eigenvalue weighted by atomic mass is 10.1. The van der Waals surface area contributed by atoms with Gasteiger partial charge in [-0.15, -0.1) is 0 Å². The summed E-state index contributed by atoms with van der Waals surface area (Å²) in [6, 6.07) is 11.1. The Morgan fingerprint density at radius 3 is 3.13 bits per heavy atom. The first-order chi connectivity index (χ1) is 7.36. The molecule has 0 aliphatic carbocycles. The van der Waals surface area contributed by atoms with E-state index >= 15 is 0 Å². The van der Waals surface area contributed by atoms with Crippen LogP contribution in [0.4, 0.5) is 5.82 Å². The van der Waals surface area contributed by atoms with Crippen LogP contribution in [0.15, 0.2) is 30.3 Å². The van der Waals surface area contributed by atoms with Gasteiger partial charge >= 0.3 is 0 Å². The molecule has 0 saturated carbocycles. The van der Waals surface area contributed by atoms with Crippen molar-refractivity contribution in [1.82, 2.24) is 4.98 Å². The van der Waals surface area contributed by atoms with E-state index in [0.717, 1.165) is 24.2 Å². The first-order valence-corrected chi connectivity index (χ1v) is 5.52. The molecule has 1 aliphatic heterocycles. The second-order valence-corrected chi connectivity index (χ2v) is 4.14. The van der Waals surface area contributed by atoms with Gasteiger partial charge in [-0.3, -0.25) is 0 Å². The molecule has 2 heteroatoms. The van der Waals surface area contributed by atoms with Crippen LogP contribution in [0.3, 0.4) is 0 Å². The smallest absolute Gasteiger partial charge is 0.130 e. The molecule has 1 aliphatic rings. The van der Waals surface area contributed by atoms with Gasteiger partial charge in [0.1, 0.15) is 5.82 Å². The predicted octanol–water partition coefficient (Wildman–Crippen LogP) is 2.98. The van der Waals surface area contributed by atoms with E-state index in [0.29, 0.717) is 6.04 Å². The highest BCUT2D eigenvalue weighted by Gasteiger charge is 2.20. The zero-order valence-electron chi connectivity index (χ0n) is 8.83. The summed E-state index contributed by atoms with van der Waals surface area (Å²) >= 11 is 0. The van der Waals surface area contributed by atoms with Gasteiger partial charge in [-0.2, -0.15) is 0 Å². The van der Waals surface area contributed by atoms with Crippen molar-refractivity contribution in [2.24, 2.45) is 0 Å². The van der Waals surface area contributed by atoms with Crippen molar-refractivity contribution in [3.63, 3.8) is 0 Å². The van der Waals surface area contributed by atoms with Crippen molar-refractivity contribution in [3.8, 4) is 0 Å². The standard InChI is InChI=1S/C13H14N2/c1-2-11-8-10-7-9-5-3-4-6-12(9)15-13(10)14-11/h3-7,11H,2,8H2,1H3,(H,14,15)/t11-/m1/s1. The third-order valence-electron chi connectivity index (χ3n) is 3.10. The monoisotopic (exact) mass is 198 g/mol. The number of nitrogens with zero attached hydrogens (tertiary/aromatic N) is 1. The molecule has 1 atom stereocenters. The molecule has 0 bridgehead atoms. The Kier molecular flexibility index (Phi) is 1.88. The minimum absolute atomic E-state index is 0.573. The fraction of sp³-hybridized carbons (Fsp3) is 0.308. The van der Waals surface area contributed by atoms with Crippen LogP contribution in [0.1, 0.15) is 18.9 Å². The SMILES string of the molecule is CC[C@@H]1Cc2cc3ccccc3nc2N1. The third kappa shape index (κ3) is 1.37. The summed E-state index contributed by atoms with van der Waals surface area (Å²) in [6.45, 7) is 2.21. The normalized spacial score (nSPS) is 18.9. The van der Waals surface area contributed by atoms with Crippen LogP contribution in [0.2, 0.25) is 0 Å². The lowest BCUT2D eigenvalue weighted by molar-refractivity contribution is 0.723. The number of pyridine rings is 1. The maximum atomic E-state index is 4.64. The Bertz CT molecular complexity index is 460. The van der Waals surface area contributed by atoms with Gasteiger partial charge in [-0.05, 0) is 30.5 Å². The Hall–Kier alpha value is -1.57. The highest BCUT2D eigenvalue weighted by atomic mass is 15.0. The summed E-state index contributed by atoms with van der Waals surface area (Å²) in [4.78, 5) is 4.64. The molecule has 0 amide bonds. The number of anilines is 1. The second-order valence-electron chi connectivity index (χ2n) is 4.14. The molecule has 15 heavy (non-hydrogen) atoms. The van der Waals surface area contributed by atoms with Crippen LogP contribution in [0, 0.1) is 0 Å². The summed E-state index contributed by atoms with van der Waals surface area (Å²) in [5.41, 5.74) is 2.45. The van der Waals surface area contributed by atoms with Crippen LogP contribution in [0.25, 0.3) is 10.9 Å². The second kappa shape index (κ2) is 3.23. The first kappa shape index (κ1) is 8.72. The molecular weight excluding hydrogens is 184 g/mol. The quantitative estimate of drug-likeness (QED) is 0.762. The highest BCUT2D eigenvalue weighted by Crippen LogP contribution is 2.28. The minimum Gasteiger partial charge on any atom is -0.367 e. The van der Waals surface area contributed by atoms with E-state index in [4.69, 9.17) is 0 Å². The first-order valence-electron chi connectivity index (χ1n) is 5.52. The maximum Gasteiger partial charge on any atom is 0.130 e. The number of hydrogen-bond acceptors (Lipinski definition) is 2. The average Bonchev–Trinajstić information content (AvgIpc) is 2.67. The highest BCUT2D eigenvalue weighted by molar-refractivity contribution is 5.82. The third-order valence-corrected chi connectivity index (χ3v) is 3.10. The fourth-order valence-electron chi connectivity index (χ4n) is 2.20. The van der Waals surface area contributed by atoms with E-state index in [1.807, 2.05) is 6.07 Å². The number of hydrogen-bond donors (Lipinski definition) is 1. The van der Waals surface area contributed by atoms with Gasteiger partial charge in [0, 0.05) is 11.4 Å². The van der Waals surface area contributed by atoms with Crippen LogP contribution in [-0.4, -0.2) is 11.0 Å². The number of nitrogens with one attached hydrogen (secondary N) is 1. The van der Waals surface area contributed by atoms with Crippen LogP contribution >= 0.6 is 0 Å². The van der Waals surface area contributed by atoms with E-state index in [1.54, 1.807) is 0 Å². The summed E-state index contributed by atoms with van der Waals surface area (Å²) in [7, 11) is 0. The number of para-hydroxylation sites is 1. The van der Waals surface area contributed by atoms with Gasteiger partial charge in [-0.25, -0.2) is 4.98 Å². The summed E-state index contributed by atoms with van der Waals surface area (Å²) < 4.78 is 0. The van der Waals surface area contributed by atoms with E-state index in [-0.39, 0.29) is 0 Å². The Morgan fingerprint density at radius 1 is 1.40 bits per heavy atom. The van der Waals surface area contributed by atoms with Crippen molar-refractivity contribution in [1.29, 1.82) is 0 Å². The molecule has 0 saturated heterocycles. The number of fused-ring (bicyclic) bond motifs is 2. The van der Waals surface area contributed by atoms with Crippen LogP contribution in [0.5, 0.6) is 0 Å². The number of benzene rings is 1. The van der Waals surface area contributed by atoms with Crippen molar-refractivity contribution in [3.05, 3.63) is 35.9 Å². The number of rotatable bonds is 1. The topological polar surface area (TPSA) is 24.9 Å². The summed E-state index contributed by atoms with van der Waals surface area (Å²) in [6.07, 6.45) is 2.27. The van der Waals surface area contributed by atoms with Crippen molar-refractivity contribution >= 4 is 16.7 Å². The fourth-order valence-corrected chi connectivity index (χ4v) is 2.20. The van der Waals surface area contributed by atoms with E-state index in [2.05, 4.69) is 41.5 Å². The number of aromatic nitrogens is 1. The van der Waals surface area contributed by atoms with Crippen molar-refractivity contribution in [2.75, 3.05) is 5.32 Å². The van der Waals surface area contributed by atoms with Crippen LogP contribution < -0.4 is 5.32 Å². The van der Waals surface area contributed by atoms with E-state index in [9.17, 15) is 0 Å². The molecule has 1 aromatic carbocycles. The van der Waals surface area contributed by atoms with E-state index < -0.39 is 0 Å². The molecule has 0 spiro atoms. The Morgan fingerprint density at radius 2 is 2.27 bits per heavy atom. The minimum atomic E-state index is 0.573. The molecule has 1 N–H and O–H groups in total. The van der Waals surface area contributed by atoms with Gasteiger partial charge < -0.3 is 5.32 Å². The molecule has 2 heterocycles. The van der Waals surface area contributed by atoms with Crippen LogP contribution in [-0.2, 0) is 6.42 Å². The van der Waals surface area contributed by atoms with Gasteiger partial charge in [-0.1, -0.05) is 25.1 Å². The molecule has 0 fully saturated rings. The summed E-state index contributed by atoms with van der Waals surface area (Å²) in [5.74, 6) is 1.08. The largest absolute Gasteiger partial charge is 0.367 e. The van der Waals surface area contributed by atoms with Gasteiger partial charge in [0.15, 0.2) is 0 Å². The molecule has 2 aromatic rings. The maximum absolute atomic E-state index is 4.64. The molecule has 3 rings (SSSR count).